The maximum absolute atomic E-state index is 9.24. The molecule has 1 aromatic carbocycles. The number of allylic oxidation sites excluding steroid dienone is 3. The lowest BCUT2D eigenvalue weighted by Crippen LogP contribution is -1.82. The lowest BCUT2D eigenvalue weighted by Gasteiger charge is -2.01. The zero-order chi connectivity index (χ0) is 14.0. The maximum Gasteiger partial charge on any atom is 0.204 e. The molecule has 0 spiro atoms. The van der Waals surface area contributed by atoms with E-state index in [1.54, 1.807) is 24.3 Å². The molecule has 18 heavy (non-hydrogen) atoms. The minimum atomic E-state index is 0.250. The number of halogens is 1. The molecule has 1 rings (SSSR count). The van der Waals surface area contributed by atoms with Crippen LogP contribution in [0.15, 0.2) is 34.8 Å². The molecule has 0 unspecified atom stereocenters. The Hall–Kier alpha value is -1.88. The van der Waals surface area contributed by atoms with E-state index < -0.39 is 0 Å². The average Bonchev–Trinajstić information content (AvgIpc) is 2.31. The molecule has 4 nitrogen and oxygen atoms in total. The molecule has 0 heterocycles. The SMILES string of the molecule is Cc1cc(O)ccc1/C=C(Br)/C=C\C=N.NC=O. The van der Waals surface area contributed by atoms with Crippen LogP contribution in [0, 0.1) is 12.3 Å². The number of rotatable bonds is 3. The highest BCUT2D eigenvalue weighted by Crippen LogP contribution is 2.20. The van der Waals surface area contributed by atoms with E-state index in [1.807, 2.05) is 19.1 Å². The summed E-state index contributed by atoms with van der Waals surface area (Å²) in [4.78, 5) is 8.58. The molecule has 0 atom stereocenters. The normalized spacial score (nSPS) is 10.7. The Labute approximate surface area is 114 Å². The highest BCUT2D eigenvalue weighted by molar-refractivity contribution is 9.12. The smallest absolute Gasteiger partial charge is 0.204 e. The zero-order valence-corrected chi connectivity index (χ0v) is 11.5. The van der Waals surface area contributed by atoms with Gasteiger partial charge in [-0.1, -0.05) is 22.0 Å². The third-order valence-corrected chi connectivity index (χ3v) is 2.39. The molecule has 1 aromatic rings. The molecule has 0 aliphatic carbocycles. The molecule has 0 saturated heterocycles. The van der Waals surface area contributed by atoms with Gasteiger partial charge in [0.05, 0.1) is 0 Å². The number of carbonyl (C=O) groups is 1. The van der Waals surface area contributed by atoms with Gasteiger partial charge in [0.15, 0.2) is 0 Å². The molecule has 0 fully saturated rings. The molecular formula is C13H15BrN2O2. The Morgan fingerprint density at radius 1 is 1.50 bits per heavy atom. The molecule has 4 N–H and O–H groups in total. The van der Waals surface area contributed by atoms with Gasteiger partial charge in [-0.3, -0.25) is 4.79 Å². The first kappa shape index (κ1) is 16.1. The molecule has 0 aliphatic rings. The predicted molar refractivity (Wildman–Crippen MR) is 77.9 cm³/mol. The van der Waals surface area contributed by atoms with Gasteiger partial charge < -0.3 is 16.2 Å². The van der Waals surface area contributed by atoms with Gasteiger partial charge in [-0.25, -0.2) is 0 Å². The number of hydrogen-bond donors (Lipinski definition) is 3. The van der Waals surface area contributed by atoms with E-state index in [9.17, 15) is 5.11 Å². The van der Waals surface area contributed by atoms with Crippen molar-refractivity contribution in [1.29, 1.82) is 5.41 Å². The molecule has 0 saturated carbocycles. The monoisotopic (exact) mass is 310 g/mol. The van der Waals surface area contributed by atoms with E-state index in [0.717, 1.165) is 15.6 Å². The van der Waals surface area contributed by atoms with E-state index >= 15 is 0 Å². The number of benzene rings is 1. The summed E-state index contributed by atoms with van der Waals surface area (Å²) in [6.07, 6.45) is 6.84. The Balaban J connectivity index is 0.000000873. The van der Waals surface area contributed by atoms with E-state index in [-0.39, 0.29) is 12.2 Å². The quantitative estimate of drug-likeness (QED) is 0.455. The largest absolute Gasteiger partial charge is 0.508 e. The van der Waals surface area contributed by atoms with Gasteiger partial charge in [-0.15, -0.1) is 0 Å². The minimum absolute atomic E-state index is 0.250. The number of primary amides is 1. The lowest BCUT2D eigenvalue weighted by molar-refractivity contribution is -0.106. The van der Waals surface area contributed by atoms with Crippen LogP contribution in [0.4, 0.5) is 0 Å². The van der Waals surface area contributed by atoms with Gasteiger partial charge >= 0.3 is 0 Å². The number of aryl methyl sites for hydroxylation is 1. The number of nitrogens with two attached hydrogens (primary N) is 1. The summed E-state index contributed by atoms with van der Waals surface area (Å²) in [5.41, 5.74) is 6.21. The molecule has 1 amide bonds. The molecule has 0 bridgehead atoms. The molecule has 5 heteroatoms. The van der Waals surface area contributed by atoms with Crippen molar-refractivity contribution in [3.63, 3.8) is 0 Å². The first-order valence-corrected chi connectivity index (χ1v) is 5.83. The summed E-state index contributed by atoms with van der Waals surface area (Å²) < 4.78 is 0.889. The van der Waals surface area contributed by atoms with Crippen LogP contribution in [-0.2, 0) is 4.79 Å². The van der Waals surface area contributed by atoms with Crippen molar-refractivity contribution in [2.75, 3.05) is 0 Å². The van der Waals surface area contributed by atoms with Crippen molar-refractivity contribution < 1.29 is 9.90 Å². The maximum atomic E-state index is 9.24. The van der Waals surface area contributed by atoms with Crippen molar-refractivity contribution in [2.45, 2.75) is 6.92 Å². The number of phenolic OH excluding ortho intramolecular Hbond substituents is 1. The zero-order valence-electron chi connectivity index (χ0n) is 9.93. The first-order valence-electron chi connectivity index (χ1n) is 5.04. The number of amides is 1. The minimum Gasteiger partial charge on any atom is -0.508 e. The Morgan fingerprint density at radius 2 is 2.11 bits per heavy atom. The Morgan fingerprint density at radius 3 is 2.61 bits per heavy atom. The average molecular weight is 311 g/mol. The molecule has 0 radical (unpaired) electrons. The van der Waals surface area contributed by atoms with Crippen molar-refractivity contribution in [2.24, 2.45) is 5.73 Å². The van der Waals surface area contributed by atoms with Gasteiger partial charge in [0.2, 0.25) is 6.41 Å². The van der Waals surface area contributed by atoms with Gasteiger partial charge in [-0.05, 0) is 48.4 Å². The lowest BCUT2D eigenvalue weighted by atomic mass is 10.1. The van der Waals surface area contributed by atoms with Gasteiger partial charge in [0.25, 0.3) is 0 Å². The second kappa shape index (κ2) is 9.18. The summed E-state index contributed by atoms with van der Waals surface area (Å²) in [6, 6.07) is 5.22. The predicted octanol–water partition coefficient (Wildman–Crippen LogP) is 2.74. The summed E-state index contributed by atoms with van der Waals surface area (Å²) in [7, 11) is 0. The number of phenols is 1. The standard InChI is InChI=1S/C12H12BrNO.CH3NO/c1-9-7-12(15)5-4-10(9)8-11(13)3-2-6-14;2-1-3/h2-8,14-15H,1H3;1H,(H2,2,3)/b3-2-,11-8-,14-6?;. The summed E-state index contributed by atoms with van der Waals surface area (Å²) in [5.74, 6) is 0.274. The van der Waals surface area contributed by atoms with Crippen molar-refractivity contribution in [3.8, 4) is 5.75 Å². The topological polar surface area (TPSA) is 87.2 Å². The highest BCUT2D eigenvalue weighted by Gasteiger charge is 1.96. The number of hydrogen-bond acceptors (Lipinski definition) is 3. The molecule has 0 aromatic heterocycles. The third kappa shape index (κ3) is 6.65. The second-order valence-electron chi connectivity index (χ2n) is 3.23. The molecule has 96 valence electrons. The fourth-order valence-electron chi connectivity index (χ4n) is 1.16. The number of nitrogens with one attached hydrogen (secondary N) is 1. The molecular weight excluding hydrogens is 296 g/mol. The van der Waals surface area contributed by atoms with Crippen molar-refractivity contribution in [1.82, 2.24) is 0 Å². The third-order valence-electron chi connectivity index (χ3n) is 1.90. The highest BCUT2D eigenvalue weighted by atomic mass is 79.9. The van der Waals surface area contributed by atoms with Crippen LogP contribution in [0.1, 0.15) is 11.1 Å². The van der Waals surface area contributed by atoms with Crippen LogP contribution in [-0.4, -0.2) is 17.7 Å². The van der Waals surface area contributed by atoms with E-state index in [4.69, 9.17) is 10.2 Å². The van der Waals surface area contributed by atoms with Gasteiger partial charge in [0, 0.05) is 10.7 Å². The van der Waals surface area contributed by atoms with Crippen LogP contribution < -0.4 is 5.73 Å². The number of carbonyl (C=O) groups excluding carboxylic acids is 1. The number of aromatic hydroxyl groups is 1. The van der Waals surface area contributed by atoms with E-state index in [1.165, 1.54) is 6.21 Å². The summed E-state index contributed by atoms with van der Waals surface area (Å²) >= 11 is 3.38. The molecule has 0 aliphatic heterocycles. The Bertz CT molecular complexity index is 468. The van der Waals surface area contributed by atoms with Crippen molar-refractivity contribution >= 4 is 34.6 Å². The van der Waals surface area contributed by atoms with Crippen LogP contribution in [0.3, 0.4) is 0 Å². The van der Waals surface area contributed by atoms with E-state index in [2.05, 4.69) is 21.7 Å². The van der Waals surface area contributed by atoms with Crippen LogP contribution in [0.25, 0.3) is 6.08 Å². The fraction of sp³-hybridized carbons (Fsp3) is 0.0769. The van der Waals surface area contributed by atoms with Crippen LogP contribution in [0.2, 0.25) is 0 Å². The van der Waals surface area contributed by atoms with Crippen LogP contribution >= 0.6 is 15.9 Å². The fourth-order valence-corrected chi connectivity index (χ4v) is 1.56. The van der Waals surface area contributed by atoms with Gasteiger partial charge in [-0.2, -0.15) is 0 Å². The second-order valence-corrected chi connectivity index (χ2v) is 4.15. The van der Waals surface area contributed by atoms with Crippen molar-refractivity contribution in [3.05, 3.63) is 46.0 Å². The van der Waals surface area contributed by atoms with E-state index in [0.29, 0.717) is 0 Å². The summed E-state index contributed by atoms with van der Waals surface area (Å²) in [5, 5.41) is 16.1. The summed E-state index contributed by atoms with van der Waals surface area (Å²) in [6.45, 7) is 1.94. The first-order chi connectivity index (χ1) is 8.54. The van der Waals surface area contributed by atoms with Crippen LogP contribution in [0.5, 0.6) is 5.75 Å². The Kier molecular flexibility index (Phi) is 8.22. The van der Waals surface area contributed by atoms with Gasteiger partial charge in [0.1, 0.15) is 5.75 Å².